The van der Waals surface area contributed by atoms with Gasteiger partial charge in [0.05, 0.1) is 38.6 Å². The van der Waals surface area contributed by atoms with Crippen molar-refractivity contribution in [1.82, 2.24) is 9.13 Å². The van der Waals surface area contributed by atoms with Gasteiger partial charge in [0.2, 0.25) is 0 Å². The lowest BCUT2D eigenvalue weighted by Gasteiger charge is -2.30. The third-order valence-corrected chi connectivity index (χ3v) is 18.2. The van der Waals surface area contributed by atoms with Gasteiger partial charge < -0.3 is 9.13 Å². The molecule has 2 aromatic heterocycles. The van der Waals surface area contributed by atoms with Gasteiger partial charge in [-0.05, 0) is 149 Å². The summed E-state index contributed by atoms with van der Waals surface area (Å²) in [5.41, 5.74) is 30.2. The van der Waals surface area contributed by atoms with Gasteiger partial charge in [-0.3, -0.25) is 0 Å². The van der Waals surface area contributed by atoms with Crippen molar-refractivity contribution < 1.29 is 0 Å². The molecule has 0 radical (unpaired) electrons. The minimum absolute atomic E-state index is 0.370. The fourth-order valence-electron chi connectivity index (χ4n) is 15.4. The first-order valence-corrected chi connectivity index (χ1v) is 26.7. The van der Waals surface area contributed by atoms with Gasteiger partial charge in [-0.25, -0.2) is 0 Å². The van der Waals surface area contributed by atoms with Crippen molar-refractivity contribution in [3.05, 3.63) is 311 Å². The Morgan fingerprint density at radius 1 is 0.224 bits per heavy atom. The van der Waals surface area contributed by atoms with Crippen LogP contribution in [0.5, 0.6) is 0 Å². The summed E-state index contributed by atoms with van der Waals surface area (Å²) < 4.78 is 5.02. The molecule has 2 nitrogen and oxygen atoms in total. The molecule has 0 saturated heterocycles. The number of aromatic nitrogens is 2. The van der Waals surface area contributed by atoms with E-state index in [9.17, 15) is 0 Å². The fourth-order valence-corrected chi connectivity index (χ4v) is 15.4. The molecule has 350 valence electrons. The molecule has 76 heavy (non-hydrogen) atoms. The highest BCUT2D eigenvalue weighted by Crippen LogP contribution is 2.65. The third-order valence-electron chi connectivity index (χ3n) is 18.2. The lowest BCUT2D eigenvalue weighted by molar-refractivity contribution is 0.793. The van der Waals surface area contributed by atoms with E-state index >= 15 is 0 Å². The molecule has 0 aliphatic heterocycles. The summed E-state index contributed by atoms with van der Waals surface area (Å²) in [5, 5.41) is 4.98. The van der Waals surface area contributed by atoms with Crippen LogP contribution in [0.2, 0.25) is 0 Å². The molecule has 2 heterocycles. The Kier molecular flexibility index (Phi) is 7.77. The highest BCUT2D eigenvalue weighted by molar-refractivity contribution is 6.14. The number of nitrogens with zero attached hydrogens (tertiary/aromatic N) is 2. The lowest BCUT2D eigenvalue weighted by atomic mass is 9.70. The molecular weight excluding hydrogens is 917 g/mol. The summed E-state index contributed by atoms with van der Waals surface area (Å²) in [6.07, 6.45) is 0. The largest absolute Gasteiger partial charge is 0.309 e. The molecule has 0 amide bonds. The van der Waals surface area contributed by atoms with Gasteiger partial charge in [-0.15, -0.1) is 0 Å². The number of para-hydroxylation sites is 2. The van der Waals surface area contributed by atoms with Crippen LogP contribution in [-0.4, -0.2) is 9.13 Å². The zero-order valence-corrected chi connectivity index (χ0v) is 41.3. The summed E-state index contributed by atoms with van der Waals surface area (Å²) in [6.45, 7) is 0. The second-order valence-electron chi connectivity index (χ2n) is 21.4. The molecule has 14 aromatic rings. The molecule has 18 rings (SSSR count). The highest BCUT2D eigenvalue weighted by Gasteiger charge is 2.53. The second kappa shape index (κ2) is 14.5. The molecule has 0 unspecified atom stereocenters. The van der Waals surface area contributed by atoms with Crippen LogP contribution >= 0.6 is 0 Å². The summed E-state index contributed by atoms with van der Waals surface area (Å²) in [4.78, 5) is 0. The van der Waals surface area contributed by atoms with E-state index < -0.39 is 5.41 Å². The Labute approximate surface area is 439 Å². The second-order valence-corrected chi connectivity index (χ2v) is 21.4. The van der Waals surface area contributed by atoms with E-state index in [1.165, 1.54) is 155 Å². The molecule has 12 aromatic carbocycles. The monoisotopic (exact) mass is 960 g/mol. The van der Waals surface area contributed by atoms with Crippen molar-refractivity contribution in [3.8, 4) is 67.0 Å². The van der Waals surface area contributed by atoms with Crippen molar-refractivity contribution in [3.63, 3.8) is 0 Å². The number of hydrogen-bond donors (Lipinski definition) is 0. The van der Waals surface area contributed by atoms with Gasteiger partial charge in [-0.1, -0.05) is 212 Å². The van der Waals surface area contributed by atoms with Crippen LogP contribution in [0, 0.1) is 0 Å². The first kappa shape index (κ1) is 40.7. The molecule has 4 aliphatic carbocycles. The topological polar surface area (TPSA) is 9.86 Å². The number of hydrogen-bond acceptors (Lipinski definition) is 0. The van der Waals surface area contributed by atoms with Crippen LogP contribution < -0.4 is 0 Å². The van der Waals surface area contributed by atoms with E-state index in [0.717, 1.165) is 0 Å². The van der Waals surface area contributed by atoms with Gasteiger partial charge in [0, 0.05) is 32.8 Å². The van der Waals surface area contributed by atoms with E-state index in [4.69, 9.17) is 0 Å². The van der Waals surface area contributed by atoms with Crippen molar-refractivity contribution in [2.75, 3.05) is 0 Å². The summed E-state index contributed by atoms with van der Waals surface area (Å²) >= 11 is 0. The number of fused-ring (bicyclic) bond motifs is 26. The van der Waals surface area contributed by atoms with Crippen molar-refractivity contribution >= 4 is 43.6 Å². The van der Waals surface area contributed by atoms with E-state index in [2.05, 4.69) is 276 Å². The first-order valence-electron chi connectivity index (χ1n) is 26.7. The molecule has 0 N–H and O–H groups in total. The Morgan fingerprint density at radius 3 is 1.12 bits per heavy atom. The van der Waals surface area contributed by atoms with Crippen LogP contribution in [0.25, 0.3) is 111 Å². The Morgan fingerprint density at radius 2 is 0.592 bits per heavy atom. The number of benzene rings is 12. The zero-order chi connectivity index (χ0) is 49.4. The Hall–Kier alpha value is -9.76. The van der Waals surface area contributed by atoms with Crippen molar-refractivity contribution in [2.45, 2.75) is 10.8 Å². The fraction of sp³-hybridized carbons (Fsp3) is 0.0270. The Bertz CT molecular complexity index is 4810. The molecule has 0 fully saturated rings. The minimum Gasteiger partial charge on any atom is -0.309 e. The molecule has 0 saturated carbocycles. The zero-order valence-electron chi connectivity index (χ0n) is 41.3. The van der Waals surface area contributed by atoms with Gasteiger partial charge >= 0.3 is 0 Å². The number of rotatable bonds is 3. The summed E-state index contributed by atoms with van der Waals surface area (Å²) in [6, 6.07) is 101. The third kappa shape index (κ3) is 4.80. The Balaban J connectivity index is 0.800. The first-order chi connectivity index (χ1) is 37.7. The van der Waals surface area contributed by atoms with Crippen LogP contribution in [-0.2, 0) is 10.8 Å². The smallest absolute Gasteiger partial charge is 0.0726 e. The van der Waals surface area contributed by atoms with E-state index in [0.29, 0.717) is 0 Å². The molecule has 0 bridgehead atoms. The van der Waals surface area contributed by atoms with Gasteiger partial charge in [0.25, 0.3) is 0 Å². The predicted octanol–water partition coefficient (Wildman–Crippen LogP) is 18.2. The standard InChI is InChI=1S/C74H44N2/c1-9-26-59-48(18-1)49-19-2-10-27-60(49)73(59)63-30-13-5-22-52(63)56-44-47(38-39-65(56)73)75-67-33-15-7-23-53(67)57-42-45(36-40-69(57)75)46-37-41-70-58(43-46)54-24-8-16-34-68(54)76(70)71-35-17-32-66-72(71)55-25-6-14-31-64(55)74(66)61-28-11-3-20-50(61)51-21-4-12-29-62(51)74/h1-44H. The maximum absolute atomic E-state index is 2.54. The molecular formula is C74H44N2. The normalized spacial score (nSPS) is 14.3. The van der Waals surface area contributed by atoms with Crippen LogP contribution in [0.15, 0.2) is 267 Å². The van der Waals surface area contributed by atoms with Gasteiger partial charge in [0.15, 0.2) is 0 Å². The van der Waals surface area contributed by atoms with E-state index in [-0.39, 0.29) is 5.41 Å². The summed E-state index contributed by atoms with van der Waals surface area (Å²) in [5.74, 6) is 0. The van der Waals surface area contributed by atoms with Crippen LogP contribution in [0.1, 0.15) is 44.5 Å². The van der Waals surface area contributed by atoms with E-state index in [1.807, 2.05) is 0 Å². The minimum atomic E-state index is -0.410. The molecule has 2 heteroatoms. The molecule has 0 atom stereocenters. The van der Waals surface area contributed by atoms with Gasteiger partial charge in [-0.2, -0.15) is 0 Å². The SMILES string of the molecule is c1ccc2c(c1)-c1ccccc1C21c2ccccc2-c2cc(-n3c4ccccc4c4cc(-c5ccc6c(c5)c5ccccc5n6-c5cccc6c5-c5ccccc5C65c6ccccc6-c6ccccc65)ccc43)ccc21. The lowest BCUT2D eigenvalue weighted by Crippen LogP contribution is -2.25. The van der Waals surface area contributed by atoms with Crippen molar-refractivity contribution in [1.29, 1.82) is 0 Å². The maximum Gasteiger partial charge on any atom is 0.0726 e. The molecule has 2 spiro atoms. The van der Waals surface area contributed by atoms with Gasteiger partial charge in [0.1, 0.15) is 0 Å². The van der Waals surface area contributed by atoms with E-state index in [1.54, 1.807) is 0 Å². The summed E-state index contributed by atoms with van der Waals surface area (Å²) in [7, 11) is 0. The molecule has 4 aliphatic rings. The van der Waals surface area contributed by atoms with Crippen LogP contribution in [0.3, 0.4) is 0 Å². The highest BCUT2D eigenvalue weighted by atomic mass is 15.0. The van der Waals surface area contributed by atoms with Crippen LogP contribution in [0.4, 0.5) is 0 Å². The average Bonchev–Trinajstić information content (AvgIpc) is 4.09. The quantitative estimate of drug-likeness (QED) is 0.167. The van der Waals surface area contributed by atoms with Crippen molar-refractivity contribution in [2.24, 2.45) is 0 Å². The maximum atomic E-state index is 2.54. The predicted molar refractivity (Wildman–Crippen MR) is 313 cm³/mol. The average molecular weight is 961 g/mol.